The van der Waals surface area contributed by atoms with Gasteiger partial charge in [0.2, 0.25) is 0 Å². The Morgan fingerprint density at radius 2 is 2.12 bits per heavy atom. The summed E-state index contributed by atoms with van der Waals surface area (Å²) in [6.45, 7) is 3.56. The van der Waals surface area contributed by atoms with Crippen molar-refractivity contribution in [2.45, 2.75) is 19.7 Å². The normalized spacial score (nSPS) is 10.8. The Labute approximate surface area is 97.9 Å². The van der Waals surface area contributed by atoms with E-state index < -0.39 is 0 Å². The van der Waals surface area contributed by atoms with Crippen LogP contribution in [-0.2, 0) is 5.88 Å². The van der Waals surface area contributed by atoms with Crippen LogP contribution in [0.25, 0.3) is 5.69 Å². The number of hydrogen-bond donors (Lipinski definition) is 0. The van der Waals surface area contributed by atoms with E-state index in [-0.39, 0.29) is 5.82 Å². The van der Waals surface area contributed by atoms with Gasteiger partial charge in [-0.3, -0.25) is 0 Å². The average Bonchev–Trinajstić information content (AvgIpc) is 2.57. The molecule has 0 N–H and O–H groups in total. The van der Waals surface area contributed by atoms with Crippen molar-refractivity contribution in [3.05, 3.63) is 41.2 Å². The molecule has 0 atom stereocenters. The number of aromatic nitrogens is 3. The number of hydrogen-bond acceptors (Lipinski definition) is 2. The minimum absolute atomic E-state index is 0.298. The van der Waals surface area contributed by atoms with Crippen LogP contribution in [-0.4, -0.2) is 14.8 Å². The first kappa shape index (κ1) is 11.1. The summed E-state index contributed by atoms with van der Waals surface area (Å²) in [4.78, 5) is 4.13. The molecular weight excluding hydrogens is 229 g/mol. The minimum Gasteiger partial charge on any atom is -0.217 e. The second-order valence-corrected chi connectivity index (χ2v) is 3.80. The number of aryl methyl sites for hydroxylation is 2. The Morgan fingerprint density at radius 1 is 1.38 bits per heavy atom. The van der Waals surface area contributed by atoms with Crippen molar-refractivity contribution in [3.8, 4) is 5.69 Å². The standard InChI is InChI=1S/C11H11ClFN3/c1-7-14-8(2)16(15-7)11-4-3-9(6-12)5-10(11)13/h3-5H,6H2,1-2H3. The molecule has 0 fully saturated rings. The van der Waals surface area contributed by atoms with Gasteiger partial charge in [0.15, 0.2) is 0 Å². The predicted octanol–water partition coefficient (Wildman–Crippen LogP) is 2.76. The predicted molar refractivity (Wildman–Crippen MR) is 60.3 cm³/mol. The minimum atomic E-state index is -0.342. The summed E-state index contributed by atoms with van der Waals surface area (Å²) in [6, 6.07) is 4.86. The van der Waals surface area contributed by atoms with E-state index in [2.05, 4.69) is 10.1 Å². The molecule has 5 heteroatoms. The van der Waals surface area contributed by atoms with Crippen molar-refractivity contribution in [2.24, 2.45) is 0 Å². The van der Waals surface area contributed by atoms with Gasteiger partial charge in [0.1, 0.15) is 23.2 Å². The van der Waals surface area contributed by atoms with E-state index in [9.17, 15) is 4.39 Å². The van der Waals surface area contributed by atoms with Crippen molar-refractivity contribution >= 4 is 11.6 Å². The van der Waals surface area contributed by atoms with E-state index >= 15 is 0 Å². The van der Waals surface area contributed by atoms with Crippen LogP contribution in [0.3, 0.4) is 0 Å². The lowest BCUT2D eigenvalue weighted by molar-refractivity contribution is 0.606. The van der Waals surface area contributed by atoms with Gasteiger partial charge in [-0.15, -0.1) is 11.6 Å². The highest BCUT2D eigenvalue weighted by Crippen LogP contribution is 2.17. The second kappa shape index (κ2) is 4.22. The van der Waals surface area contributed by atoms with Crippen LogP contribution in [0.1, 0.15) is 17.2 Å². The fourth-order valence-electron chi connectivity index (χ4n) is 1.55. The van der Waals surface area contributed by atoms with Crippen LogP contribution in [0, 0.1) is 19.7 Å². The van der Waals surface area contributed by atoms with Gasteiger partial charge < -0.3 is 0 Å². The zero-order chi connectivity index (χ0) is 11.7. The van der Waals surface area contributed by atoms with Gasteiger partial charge in [0.05, 0.1) is 0 Å². The molecule has 0 amide bonds. The Balaban J connectivity index is 2.52. The molecule has 2 aromatic rings. The maximum atomic E-state index is 13.8. The highest BCUT2D eigenvalue weighted by Gasteiger charge is 2.10. The zero-order valence-corrected chi connectivity index (χ0v) is 9.79. The summed E-state index contributed by atoms with van der Waals surface area (Å²) in [5.74, 6) is 1.24. The molecule has 1 heterocycles. The molecule has 84 valence electrons. The van der Waals surface area contributed by atoms with Crippen molar-refractivity contribution in [1.29, 1.82) is 0 Å². The highest BCUT2D eigenvalue weighted by molar-refractivity contribution is 6.17. The molecule has 0 radical (unpaired) electrons. The lowest BCUT2D eigenvalue weighted by Gasteiger charge is -2.05. The molecule has 1 aromatic heterocycles. The fraction of sp³-hybridized carbons (Fsp3) is 0.273. The molecule has 1 aromatic carbocycles. The third kappa shape index (κ3) is 1.93. The van der Waals surface area contributed by atoms with Gasteiger partial charge in [0, 0.05) is 5.88 Å². The Morgan fingerprint density at radius 3 is 2.62 bits per heavy atom. The number of benzene rings is 1. The molecule has 0 saturated heterocycles. The van der Waals surface area contributed by atoms with Crippen LogP contribution in [0.15, 0.2) is 18.2 Å². The summed E-state index contributed by atoms with van der Waals surface area (Å²) in [5, 5.41) is 4.13. The topological polar surface area (TPSA) is 30.7 Å². The van der Waals surface area contributed by atoms with E-state index in [1.807, 2.05) is 0 Å². The first-order chi connectivity index (χ1) is 7.61. The van der Waals surface area contributed by atoms with Gasteiger partial charge in [-0.1, -0.05) is 6.07 Å². The summed E-state index contributed by atoms with van der Waals surface area (Å²) in [5.41, 5.74) is 1.14. The quantitative estimate of drug-likeness (QED) is 0.755. The smallest absolute Gasteiger partial charge is 0.149 e. The maximum absolute atomic E-state index is 13.8. The zero-order valence-electron chi connectivity index (χ0n) is 9.04. The van der Waals surface area contributed by atoms with Gasteiger partial charge in [-0.05, 0) is 31.5 Å². The highest BCUT2D eigenvalue weighted by atomic mass is 35.5. The SMILES string of the molecule is Cc1nc(C)n(-c2ccc(CCl)cc2F)n1. The third-order valence-electron chi connectivity index (χ3n) is 2.27. The van der Waals surface area contributed by atoms with Crippen molar-refractivity contribution in [2.75, 3.05) is 0 Å². The van der Waals surface area contributed by atoms with Gasteiger partial charge in [-0.25, -0.2) is 14.1 Å². The number of alkyl halides is 1. The van der Waals surface area contributed by atoms with Crippen LogP contribution < -0.4 is 0 Å². The van der Waals surface area contributed by atoms with Crippen LogP contribution in [0.4, 0.5) is 4.39 Å². The van der Waals surface area contributed by atoms with E-state index in [0.717, 1.165) is 5.56 Å². The largest absolute Gasteiger partial charge is 0.217 e. The first-order valence-electron chi connectivity index (χ1n) is 4.87. The monoisotopic (exact) mass is 239 g/mol. The van der Waals surface area contributed by atoms with E-state index in [4.69, 9.17) is 11.6 Å². The molecule has 0 aliphatic carbocycles. The molecule has 0 spiro atoms. The number of nitrogens with zero attached hydrogens (tertiary/aromatic N) is 3. The van der Waals surface area contributed by atoms with E-state index in [1.54, 1.807) is 26.0 Å². The molecule has 3 nitrogen and oxygen atoms in total. The van der Waals surface area contributed by atoms with E-state index in [1.165, 1.54) is 10.7 Å². The van der Waals surface area contributed by atoms with Crippen LogP contribution >= 0.6 is 11.6 Å². The maximum Gasteiger partial charge on any atom is 0.149 e. The Kier molecular flexibility index (Phi) is 2.92. The van der Waals surface area contributed by atoms with Gasteiger partial charge in [-0.2, -0.15) is 5.10 Å². The van der Waals surface area contributed by atoms with Crippen molar-refractivity contribution < 1.29 is 4.39 Å². The number of rotatable bonds is 2. The lowest BCUT2D eigenvalue weighted by atomic mass is 10.2. The summed E-state index contributed by atoms with van der Waals surface area (Å²) in [6.07, 6.45) is 0. The van der Waals surface area contributed by atoms with Crippen LogP contribution in [0.2, 0.25) is 0 Å². The third-order valence-corrected chi connectivity index (χ3v) is 2.58. The molecule has 0 aliphatic heterocycles. The number of halogens is 2. The average molecular weight is 240 g/mol. The molecule has 0 saturated carbocycles. The fourth-order valence-corrected chi connectivity index (χ4v) is 1.72. The summed E-state index contributed by atoms with van der Waals surface area (Å²) in [7, 11) is 0. The van der Waals surface area contributed by atoms with Gasteiger partial charge >= 0.3 is 0 Å². The van der Waals surface area contributed by atoms with Crippen molar-refractivity contribution in [1.82, 2.24) is 14.8 Å². The Hall–Kier alpha value is -1.42. The van der Waals surface area contributed by atoms with E-state index in [0.29, 0.717) is 23.2 Å². The van der Waals surface area contributed by atoms with Crippen molar-refractivity contribution in [3.63, 3.8) is 0 Å². The molecule has 16 heavy (non-hydrogen) atoms. The summed E-state index contributed by atoms with van der Waals surface area (Å²) >= 11 is 5.63. The molecule has 0 bridgehead atoms. The molecular formula is C11H11ClFN3. The molecule has 2 rings (SSSR count). The van der Waals surface area contributed by atoms with Gasteiger partial charge in [0.25, 0.3) is 0 Å². The molecule has 0 unspecified atom stereocenters. The first-order valence-corrected chi connectivity index (χ1v) is 5.40. The molecule has 0 aliphatic rings. The van der Waals surface area contributed by atoms with Crippen LogP contribution in [0.5, 0.6) is 0 Å². The lowest BCUT2D eigenvalue weighted by Crippen LogP contribution is -2.02. The second-order valence-electron chi connectivity index (χ2n) is 3.54. The Bertz CT molecular complexity index is 522. The summed E-state index contributed by atoms with van der Waals surface area (Å²) < 4.78 is 15.3.